The second-order valence-corrected chi connectivity index (χ2v) is 16.0. The van der Waals surface area contributed by atoms with Gasteiger partial charge in [0.1, 0.15) is 42.4 Å². The second-order valence-electron chi connectivity index (χ2n) is 16.0. The first-order valence-electron chi connectivity index (χ1n) is 20.1. The highest BCUT2D eigenvalue weighted by molar-refractivity contribution is 5.72. The molecule has 0 radical (unpaired) electrons. The quantitative estimate of drug-likeness (QED) is 0.147. The Labute approximate surface area is 337 Å². The van der Waals surface area contributed by atoms with Crippen LogP contribution < -0.4 is 0 Å². The maximum absolute atomic E-state index is 13.3. The molecule has 3 aliphatic rings. The first-order chi connectivity index (χ1) is 26.9. The number of aliphatic hydroxyl groups excluding tert-OH is 2. The summed E-state index contributed by atoms with van der Waals surface area (Å²) >= 11 is 0. The van der Waals surface area contributed by atoms with E-state index in [4.69, 9.17) is 37.9 Å². The van der Waals surface area contributed by atoms with E-state index < -0.39 is 121 Å². The predicted octanol–water partition coefficient (Wildman–Crippen LogP) is 2.77. The van der Waals surface area contributed by atoms with Gasteiger partial charge in [0.25, 0.3) is 0 Å². The molecule has 57 heavy (non-hydrogen) atoms. The van der Waals surface area contributed by atoms with E-state index in [9.17, 15) is 34.5 Å². The Balaban J connectivity index is 2.01. The number of hydrogen-bond acceptors (Lipinski definition) is 16. The third-order valence-corrected chi connectivity index (χ3v) is 10.9. The number of allylic oxidation sites excluding steroid dienone is 2. The summed E-state index contributed by atoms with van der Waals surface area (Å²) in [6.07, 6.45) is -4.08. The minimum Gasteiger partial charge on any atom is -0.462 e. The Hall–Kier alpha value is -2.80. The summed E-state index contributed by atoms with van der Waals surface area (Å²) in [5.74, 6) is -2.82. The molecule has 0 spiro atoms. The SMILES string of the molecule is CCC(=O)O[C@@H]1[C@@H](C)O[C@@H](O[C@@H]2[C@@H](N(C)C)[C@H](O)[C@@H](O[C@H]3[C@@H](CC=O)C[C@@H](C)[C@H](O)/C=C/C=C/C[C@@H](C)OC(=O)C[C@@H](OC(=O)CC)[C@@H]3OC)O[C@H]2C)C[C@@]1(C)O. The summed E-state index contributed by atoms with van der Waals surface area (Å²) in [5, 5.41) is 34.5. The molecular weight excluding hydrogens is 746 g/mol. The van der Waals surface area contributed by atoms with Crippen molar-refractivity contribution in [1.82, 2.24) is 4.90 Å². The summed E-state index contributed by atoms with van der Waals surface area (Å²) < 4.78 is 48.5. The molecule has 0 aliphatic carbocycles. The Morgan fingerprint density at radius 2 is 1.63 bits per heavy atom. The smallest absolute Gasteiger partial charge is 0.309 e. The molecular formula is C41H67NO15. The van der Waals surface area contributed by atoms with Crippen molar-refractivity contribution in [3.63, 3.8) is 0 Å². The van der Waals surface area contributed by atoms with Gasteiger partial charge in [-0.15, -0.1) is 0 Å². The summed E-state index contributed by atoms with van der Waals surface area (Å²) in [6, 6.07) is -0.779. The standard InChI is InChI=1S/C41H67NO15/c1-11-30(45)54-29-21-32(47)51-24(4)16-14-13-15-17-28(44)23(3)20-27(18-19-43)37(38(29)50-10)57-40-35(48)34(42(8)9)36(25(5)53-40)56-33-22-41(7,49)39(26(6)52-33)55-31(46)12-2/h13-15,17,19,23-29,33-40,44,48-49H,11-12,16,18,20-22H2,1-10H3/b14-13+,17-15+/t23-,24-,25+,26-,27+,28-,29-,33+,34+,35+,36+,37+,38+,39-,40-,41-/m1/s1. The predicted molar refractivity (Wildman–Crippen MR) is 205 cm³/mol. The fourth-order valence-electron chi connectivity index (χ4n) is 7.82. The highest BCUT2D eigenvalue weighted by Gasteiger charge is 2.53. The lowest BCUT2D eigenvalue weighted by atomic mass is 9.82. The Morgan fingerprint density at radius 1 is 0.965 bits per heavy atom. The van der Waals surface area contributed by atoms with E-state index >= 15 is 0 Å². The van der Waals surface area contributed by atoms with Crippen LogP contribution in [0.3, 0.4) is 0 Å². The maximum Gasteiger partial charge on any atom is 0.309 e. The molecule has 16 nitrogen and oxygen atoms in total. The normalized spacial score (nSPS) is 41.1. The molecule has 16 heteroatoms. The summed E-state index contributed by atoms with van der Waals surface area (Å²) in [6.45, 7) is 11.8. The second kappa shape index (κ2) is 22.5. The van der Waals surface area contributed by atoms with Crippen LogP contribution in [0.5, 0.6) is 0 Å². The Kier molecular flexibility index (Phi) is 19.2. The average Bonchev–Trinajstić information content (AvgIpc) is 3.13. The number of methoxy groups -OCH3 is 1. The number of aliphatic hydroxyl groups is 3. The van der Waals surface area contributed by atoms with Crippen molar-refractivity contribution in [3.8, 4) is 0 Å². The highest BCUT2D eigenvalue weighted by Crippen LogP contribution is 2.37. The van der Waals surface area contributed by atoms with E-state index in [1.54, 1.807) is 78.8 Å². The fourth-order valence-corrected chi connectivity index (χ4v) is 7.82. The fraction of sp³-hybridized carbons (Fsp3) is 0.805. The van der Waals surface area contributed by atoms with Gasteiger partial charge in [-0.05, 0) is 60.0 Å². The Morgan fingerprint density at radius 3 is 2.23 bits per heavy atom. The van der Waals surface area contributed by atoms with E-state index in [0.717, 1.165) is 0 Å². The van der Waals surface area contributed by atoms with Crippen molar-refractivity contribution in [2.45, 2.75) is 179 Å². The maximum atomic E-state index is 13.3. The van der Waals surface area contributed by atoms with Gasteiger partial charge in [0, 0.05) is 39.2 Å². The van der Waals surface area contributed by atoms with Gasteiger partial charge in [0.15, 0.2) is 18.7 Å². The molecule has 0 aromatic heterocycles. The van der Waals surface area contributed by atoms with Crippen LogP contribution in [-0.4, -0.2) is 151 Å². The third-order valence-electron chi connectivity index (χ3n) is 10.9. The van der Waals surface area contributed by atoms with Gasteiger partial charge in [-0.3, -0.25) is 14.4 Å². The lowest BCUT2D eigenvalue weighted by Gasteiger charge is -2.50. The van der Waals surface area contributed by atoms with E-state index in [1.807, 2.05) is 13.0 Å². The zero-order valence-electron chi connectivity index (χ0n) is 35.2. The van der Waals surface area contributed by atoms with E-state index in [1.165, 1.54) is 7.11 Å². The lowest BCUT2D eigenvalue weighted by molar-refractivity contribution is -0.344. The topological polar surface area (TPSA) is 206 Å². The molecule has 0 aromatic rings. The number of nitrogens with zero attached hydrogens (tertiary/aromatic N) is 1. The number of carbonyl (C=O) groups is 4. The van der Waals surface area contributed by atoms with Crippen LogP contribution >= 0.6 is 0 Å². The van der Waals surface area contributed by atoms with Crippen molar-refractivity contribution in [1.29, 1.82) is 0 Å². The highest BCUT2D eigenvalue weighted by atomic mass is 16.7. The van der Waals surface area contributed by atoms with Crippen molar-refractivity contribution in [2.24, 2.45) is 11.8 Å². The van der Waals surface area contributed by atoms with Crippen molar-refractivity contribution < 1.29 is 72.4 Å². The first-order valence-corrected chi connectivity index (χ1v) is 20.1. The molecule has 3 N–H and O–H groups in total. The van der Waals surface area contributed by atoms with Gasteiger partial charge in [0.05, 0.1) is 36.9 Å². The zero-order chi connectivity index (χ0) is 42.6. The molecule has 3 aliphatic heterocycles. The van der Waals surface area contributed by atoms with Gasteiger partial charge in [-0.2, -0.15) is 0 Å². The largest absolute Gasteiger partial charge is 0.462 e. The zero-order valence-corrected chi connectivity index (χ0v) is 35.2. The lowest BCUT2D eigenvalue weighted by Crippen LogP contribution is -2.66. The van der Waals surface area contributed by atoms with E-state index in [-0.39, 0.29) is 32.1 Å². The molecule has 3 heterocycles. The molecule has 16 atom stereocenters. The number of ether oxygens (including phenoxy) is 8. The molecule has 0 amide bonds. The number of likely N-dealkylation sites (N-methyl/N-ethyl adjacent to an activating group) is 1. The van der Waals surface area contributed by atoms with Crippen LogP contribution in [0.4, 0.5) is 0 Å². The van der Waals surface area contributed by atoms with Crippen molar-refractivity contribution in [2.75, 3.05) is 21.2 Å². The first kappa shape index (κ1) is 48.6. The van der Waals surface area contributed by atoms with Crippen molar-refractivity contribution in [3.05, 3.63) is 24.3 Å². The summed E-state index contributed by atoms with van der Waals surface area (Å²) in [7, 11) is 4.86. The van der Waals surface area contributed by atoms with Crippen LogP contribution in [0.15, 0.2) is 24.3 Å². The van der Waals surface area contributed by atoms with Crippen molar-refractivity contribution >= 4 is 24.2 Å². The van der Waals surface area contributed by atoms with Crippen LogP contribution in [0.2, 0.25) is 0 Å². The molecule has 0 aromatic carbocycles. The van der Waals surface area contributed by atoms with Gasteiger partial charge < -0.3 is 62.9 Å². The third kappa shape index (κ3) is 13.6. The van der Waals surface area contributed by atoms with Crippen LogP contribution in [0.25, 0.3) is 0 Å². The minimum atomic E-state index is -1.49. The van der Waals surface area contributed by atoms with Gasteiger partial charge >= 0.3 is 17.9 Å². The summed E-state index contributed by atoms with van der Waals surface area (Å²) in [5.41, 5.74) is -1.49. The van der Waals surface area contributed by atoms with Crippen LogP contribution in [0.1, 0.15) is 93.4 Å². The monoisotopic (exact) mass is 813 g/mol. The van der Waals surface area contributed by atoms with Crippen LogP contribution in [-0.2, 0) is 57.1 Å². The number of hydrogen-bond donors (Lipinski definition) is 3. The van der Waals surface area contributed by atoms with E-state index in [0.29, 0.717) is 12.7 Å². The molecule has 326 valence electrons. The molecule has 2 fully saturated rings. The number of rotatable bonds is 12. The average molecular weight is 814 g/mol. The number of esters is 3. The molecule has 0 unspecified atom stereocenters. The Bertz CT molecular complexity index is 1350. The number of aldehydes is 1. The minimum absolute atomic E-state index is 0.000633. The van der Waals surface area contributed by atoms with Gasteiger partial charge in [-0.25, -0.2) is 0 Å². The summed E-state index contributed by atoms with van der Waals surface area (Å²) in [4.78, 5) is 52.3. The van der Waals surface area contributed by atoms with Gasteiger partial charge in [0.2, 0.25) is 0 Å². The van der Waals surface area contributed by atoms with Crippen LogP contribution in [0, 0.1) is 11.8 Å². The molecule has 0 bridgehead atoms. The molecule has 2 saturated heterocycles. The van der Waals surface area contributed by atoms with E-state index in [2.05, 4.69) is 0 Å². The number of carbonyl (C=O) groups excluding carboxylic acids is 4. The van der Waals surface area contributed by atoms with Gasteiger partial charge in [-0.1, -0.05) is 45.1 Å². The number of cyclic esters (lactones) is 1. The molecule has 3 rings (SSSR count). The molecule has 0 saturated carbocycles.